The lowest BCUT2D eigenvalue weighted by molar-refractivity contribution is 0.601. The van der Waals surface area contributed by atoms with Gasteiger partial charge in [0.05, 0.1) is 16.3 Å². The fourth-order valence-electron chi connectivity index (χ4n) is 2.09. The van der Waals surface area contributed by atoms with E-state index in [1.807, 2.05) is 30.5 Å². The van der Waals surface area contributed by atoms with Crippen molar-refractivity contribution in [2.24, 2.45) is 4.99 Å². The maximum Gasteiger partial charge on any atom is 0.261 e. The first-order valence-corrected chi connectivity index (χ1v) is 9.67. The molecule has 1 N–H and O–H groups in total. The van der Waals surface area contributed by atoms with Crippen LogP contribution in [0.2, 0.25) is 0 Å². The Morgan fingerprint density at radius 3 is 2.46 bits per heavy atom. The molecule has 0 atom stereocenters. The third kappa shape index (κ3) is 3.90. The molecule has 0 unspecified atom stereocenters. The molecular weight excluding hydrogens is 340 g/mol. The Kier molecular flexibility index (Phi) is 4.78. The first kappa shape index (κ1) is 16.4. The number of benzene rings is 2. The number of rotatable bonds is 5. The number of hydrogen-bond donors (Lipinski definition) is 1. The van der Waals surface area contributed by atoms with E-state index < -0.39 is 10.0 Å². The van der Waals surface area contributed by atoms with Crippen molar-refractivity contribution in [2.75, 3.05) is 4.72 Å². The Hall–Kier alpha value is -2.44. The summed E-state index contributed by atoms with van der Waals surface area (Å²) in [6, 6.07) is 17.7. The summed E-state index contributed by atoms with van der Waals surface area (Å²) >= 11 is 1.57. The maximum absolute atomic E-state index is 12.5. The van der Waals surface area contributed by atoms with Crippen LogP contribution >= 0.6 is 11.3 Å². The smallest absolute Gasteiger partial charge is 0.261 e. The van der Waals surface area contributed by atoms with E-state index in [1.54, 1.807) is 60.0 Å². The largest absolute Gasteiger partial charge is 0.277 e. The molecule has 3 rings (SSSR count). The molecule has 0 aliphatic carbocycles. The predicted molar refractivity (Wildman–Crippen MR) is 100 cm³/mol. The molecule has 1 heterocycles. The first-order valence-electron chi connectivity index (χ1n) is 7.31. The van der Waals surface area contributed by atoms with E-state index >= 15 is 0 Å². The van der Waals surface area contributed by atoms with E-state index in [-0.39, 0.29) is 4.90 Å². The number of aliphatic imine (C=N–C) groups is 1. The summed E-state index contributed by atoms with van der Waals surface area (Å²) in [5.41, 5.74) is 2.03. The summed E-state index contributed by atoms with van der Waals surface area (Å²) in [7, 11) is -3.65. The highest BCUT2D eigenvalue weighted by atomic mass is 32.2. The molecular formula is C18H16N2O2S2. The van der Waals surface area contributed by atoms with Crippen LogP contribution in [0.3, 0.4) is 0 Å². The first-order chi connectivity index (χ1) is 11.5. The van der Waals surface area contributed by atoms with Crippen molar-refractivity contribution >= 4 is 38.9 Å². The highest BCUT2D eigenvalue weighted by molar-refractivity contribution is 7.92. The molecule has 0 saturated heterocycles. The minimum absolute atomic E-state index is 0.227. The molecule has 0 spiro atoms. The topological polar surface area (TPSA) is 58.5 Å². The summed E-state index contributed by atoms with van der Waals surface area (Å²) in [4.78, 5) is 5.63. The molecule has 0 aliphatic rings. The molecule has 0 bridgehead atoms. The fourth-order valence-corrected chi connectivity index (χ4v) is 3.75. The van der Waals surface area contributed by atoms with Gasteiger partial charge in [0, 0.05) is 11.1 Å². The highest BCUT2D eigenvalue weighted by Crippen LogP contribution is 2.27. The van der Waals surface area contributed by atoms with Gasteiger partial charge in [-0.25, -0.2) is 8.42 Å². The molecule has 4 nitrogen and oxygen atoms in total. The zero-order chi connectivity index (χ0) is 17.0. The van der Waals surface area contributed by atoms with Gasteiger partial charge in [-0.05, 0) is 42.6 Å². The molecule has 1 aromatic heterocycles. The van der Waals surface area contributed by atoms with E-state index in [0.717, 1.165) is 10.4 Å². The van der Waals surface area contributed by atoms with Gasteiger partial charge in [0.2, 0.25) is 0 Å². The van der Waals surface area contributed by atoms with Gasteiger partial charge in [-0.1, -0.05) is 35.9 Å². The lowest BCUT2D eigenvalue weighted by Gasteiger charge is -2.10. The lowest BCUT2D eigenvalue weighted by Crippen LogP contribution is -2.13. The van der Waals surface area contributed by atoms with Crippen LogP contribution < -0.4 is 4.72 Å². The molecule has 24 heavy (non-hydrogen) atoms. The van der Waals surface area contributed by atoms with Gasteiger partial charge < -0.3 is 0 Å². The zero-order valence-electron chi connectivity index (χ0n) is 13.0. The highest BCUT2D eigenvalue weighted by Gasteiger charge is 2.15. The molecule has 0 radical (unpaired) electrons. The molecule has 0 aliphatic heterocycles. The van der Waals surface area contributed by atoms with E-state index in [4.69, 9.17) is 0 Å². The standard InChI is InChI=1S/C18H16N2O2S2/c1-14-8-10-16(11-9-14)24(21,22)20-18-7-3-2-6-17(18)19-13-15-5-4-12-23-15/h2-13,20H,1H3/b19-13+. The number of anilines is 1. The average molecular weight is 356 g/mol. The fraction of sp³-hybridized carbons (Fsp3) is 0.0556. The maximum atomic E-state index is 12.5. The van der Waals surface area contributed by atoms with E-state index in [0.29, 0.717) is 11.4 Å². The molecule has 0 amide bonds. The van der Waals surface area contributed by atoms with Crippen molar-refractivity contribution < 1.29 is 8.42 Å². The molecule has 0 fully saturated rings. The number of sulfonamides is 1. The normalized spacial score (nSPS) is 11.7. The van der Waals surface area contributed by atoms with Crippen LogP contribution in [0.4, 0.5) is 11.4 Å². The van der Waals surface area contributed by atoms with Gasteiger partial charge in [0.25, 0.3) is 10.0 Å². The Balaban J connectivity index is 1.88. The van der Waals surface area contributed by atoms with Crippen molar-refractivity contribution in [3.8, 4) is 0 Å². The number of thiophene rings is 1. The molecule has 3 aromatic rings. The number of nitrogens with one attached hydrogen (secondary N) is 1. The van der Waals surface area contributed by atoms with Crippen LogP contribution in [0.1, 0.15) is 10.4 Å². The zero-order valence-corrected chi connectivity index (χ0v) is 14.6. The van der Waals surface area contributed by atoms with Gasteiger partial charge in [-0.3, -0.25) is 9.71 Å². The quantitative estimate of drug-likeness (QED) is 0.679. The third-order valence-electron chi connectivity index (χ3n) is 3.35. The van der Waals surface area contributed by atoms with Gasteiger partial charge in [0.15, 0.2) is 0 Å². The Morgan fingerprint density at radius 1 is 1.00 bits per heavy atom. The van der Waals surface area contributed by atoms with Gasteiger partial charge in [-0.2, -0.15) is 0 Å². The van der Waals surface area contributed by atoms with Crippen LogP contribution in [0.15, 0.2) is 75.9 Å². The van der Waals surface area contributed by atoms with Gasteiger partial charge in [-0.15, -0.1) is 11.3 Å². The molecule has 6 heteroatoms. The third-order valence-corrected chi connectivity index (χ3v) is 5.54. The van der Waals surface area contributed by atoms with Crippen LogP contribution in [-0.2, 0) is 10.0 Å². The van der Waals surface area contributed by atoms with Crippen LogP contribution in [0.5, 0.6) is 0 Å². The minimum atomic E-state index is -3.65. The van der Waals surface area contributed by atoms with Gasteiger partial charge in [0.1, 0.15) is 0 Å². The number of aryl methyl sites for hydroxylation is 1. The minimum Gasteiger partial charge on any atom is -0.277 e. The van der Waals surface area contributed by atoms with Crippen molar-refractivity contribution in [1.82, 2.24) is 0 Å². The van der Waals surface area contributed by atoms with Crippen LogP contribution in [-0.4, -0.2) is 14.6 Å². The monoisotopic (exact) mass is 356 g/mol. The second-order valence-corrected chi connectivity index (χ2v) is 7.87. The summed E-state index contributed by atoms with van der Waals surface area (Å²) in [6.45, 7) is 1.92. The second kappa shape index (κ2) is 6.98. The summed E-state index contributed by atoms with van der Waals surface area (Å²) in [5.74, 6) is 0. The van der Waals surface area contributed by atoms with Crippen molar-refractivity contribution in [2.45, 2.75) is 11.8 Å². The SMILES string of the molecule is Cc1ccc(S(=O)(=O)Nc2ccccc2/N=C/c2cccs2)cc1. The lowest BCUT2D eigenvalue weighted by atomic mass is 10.2. The van der Waals surface area contributed by atoms with Gasteiger partial charge >= 0.3 is 0 Å². The van der Waals surface area contributed by atoms with E-state index in [9.17, 15) is 8.42 Å². The second-order valence-electron chi connectivity index (χ2n) is 5.21. The summed E-state index contributed by atoms with van der Waals surface area (Å²) < 4.78 is 27.7. The van der Waals surface area contributed by atoms with Crippen molar-refractivity contribution in [1.29, 1.82) is 0 Å². The summed E-state index contributed by atoms with van der Waals surface area (Å²) in [6.07, 6.45) is 1.73. The molecule has 122 valence electrons. The molecule has 2 aromatic carbocycles. The number of hydrogen-bond acceptors (Lipinski definition) is 4. The van der Waals surface area contributed by atoms with Crippen LogP contribution in [0, 0.1) is 6.92 Å². The average Bonchev–Trinajstić information content (AvgIpc) is 3.07. The van der Waals surface area contributed by atoms with Crippen molar-refractivity contribution in [3.05, 3.63) is 76.5 Å². The Labute approximate surface area is 145 Å². The van der Waals surface area contributed by atoms with E-state index in [2.05, 4.69) is 9.71 Å². The number of nitrogens with zero attached hydrogens (tertiary/aromatic N) is 1. The van der Waals surface area contributed by atoms with Crippen molar-refractivity contribution in [3.63, 3.8) is 0 Å². The van der Waals surface area contributed by atoms with Crippen LogP contribution in [0.25, 0.3) is 0 Å². The Bertz CT molecular complexity index is 945. The Morgan fingerprint density at radius 2 is 1.75 bits per heavy atom. The summed E-state index contributed by atoms with van der Waals surface area (Å²) in [5, 5.41) is 1.97. The number of para-hydroxylation sites is 2. The van der Waals surface area contributed by atoms with E-state index in [1.165, 1.54) is 0 Å². The predicted octanol–water partition coefficient (Wildman–Crippen LogP) is 4.61. The molecule has 0 saturated carbocycles.